The summed E-state index contributed by atoms with van der Waals surface area (Å²) < 4.78 is 26.2. The van der Waals surface area contributed by atoms with Gasteiger partial charge in [0.2, 0.25) is 21.8 Å². The smallest absolute Gasteiger partial charge is 0.244 e. The van der Waals surface area contributed by atoms with Crippen molar-refractivity contribution in [3.8, 4) is 0 Å². The maximum atomic E-state index is 13.6. The zero-order valence-electron chi connectivity index (χ0n) is 20.1. The fraction of sp³-hybridized carbons (Fsp3) is 0.417. The Morgan fingerprint density at radius 3 is 2.09 bits per heavy atom. The molecule has 0 aromatic heterocycles. The van der Waals surface area contributed by atoms with E-state index in [1.807, 2.05) is 13.8 Å². The third-order valence-corrected chi connectivity index (χ3v) is 7.43. The molecule has 1 N–H and O–H groups in total. The zero-order chi connectivity index (χ0) is 26.3. The number of hydrogen-bond donors (Lipinski definition) is 1. The van der Waals surface area contributed by atoms with Crippen LogP contribution < -0.4 is 9.62 Å². The normalized spacial score (nSPS) is 13.1. The molecular formula is C24H30Cl3N3O4S. The van der Waals surface area contributed by atoms with Crippen molar-refractivity contribution in [3.05, 3.63) is 63.1 Å². The lowest BCUT2D eigenvalue weighted by Gasteiger charge is -2.33. The average Bonchev–Trinajstić information content (AvgIpc) is 2.78. The van der Waals surface area contributed by atoms with E-state index in [0.29, 0.717) is 16.5 Å². The number of carbonyl (C=O) groups excluding carboxylic acids is 2. The van der Waals surface area contributed by atoms with Gasteiger partial charge in [0.05, 0.1) is 17.0 Å². The van der Waals surface area contributed by atoms with Crippen LogP contribution in [0.3, 0.4) is 0 Å². The maximum Gasteiger partial charge on any atom is 0.244 e. The molecule has 2 atom stereocenters. The molecule has 11 heteroatoms. The summed E-state index contributed by atoms with van der Waals surface area (Å²) in [5.41, 5.74) is 0.864. The molecule has 0 heterocycles. The fourth-order valence-electron chi connectivity index (χ4n) is 3.43. The van der Waals surface area contributed by atoms with E-state index in [1.165, 1.54) is 23.1 Å². The third-order valence-electron chi connectivity index (χ3n) is 5.51. The van der Waals surface area contributed by atoms with Gasteiger partial charge in [-0.3, -0.25) is 13.9 Å². The molecule has 0 spiro atoms. The third kappa shape index (κ3) is 8.27. The van der Waals surface area contributed by atoms with Crippen LogP contribution in [-0.4, -0.2) is 50.0 Å². The Kier molecular flexibility index (Phi) is 10.7. The Balaban J connectivity index is 2.46. The number of nitrogens with one attached hydrogen (secondary N) is 1. The van der Waals surface area contributed by atoms with Crippen LogP contribution in [0.25, 0.3) is 0 Å². The second-order valence-corrected chi connectivity index (χ2v) is 11.4. The van der Waals surface area contributed by atoms with Crippen molar-refractivity contribution in [2.75, 3.05) is 17.1 Å². The van der Waals surface area contributed by atoms with E-state index in [4.69, 9.17) is 34.8 Å². The highest BCUT2D eigenvalue weighted by Crippen LogP contribution is 2.30. The molecule has 0 aliphatic rings. The van der Waals surface area contributed by atoms with E-state index in [0.717, 1.165) is 22.5 Å². The summed E-state index contributed by atoms with van der Waals surface area (Å²) >= 11 is 18.2. The molecule has 0 aliphatic carbocycles. The van der Waals surface area contributed by atoms with Gasteiger partial charge in [-0.2, -0.15) is 0 Å². The molecule has 2 rings (SSSR count). The molecule has 0 saturated carbocycles. The van der Waals surface area contributed by atoms with Gasteiger partial charge in [0.25, 0.3) is 0 Å². The number of amides is 2. The van der Waals surface area contributed by atoms with Gasteiger partial charge < -0.3 is 10.2 Å². The van der Waals surface area contributed by atoms with Crippen molar-refractivity contribution in [2.24, 2.45) is 0 Å². The number of sulfonamides is 1. The summed E-state index contributed by atoms with van der Waals surface area (Å²) in [5, 5.41) is 3.87. The van der Waals surface area contributed by atoms with Crippen LogP contribution in [0.4, 0.5) is 5.69 Å². The molecule has 192 valence electrons. The number of anilines is 1. The molecule has 0 bridgehead atoms. The number of rotatable bonds is 11. The summed E-state index contributed by atoms with van der Waals surface area (Å²) in [5.74, 6) is -0.859. The molecule has 2 aromatic rings. The second kappa shape index (κ2) is 12.8. The molecular weight excluding hydrogens is 533 g/mol. The Morgan fingerprint density at radius 2 is 1.57 bits per heavy atom. The number of hydrogen-bond acceptors (Lipinski definition) is 4. The lowest BCUT2D eigenvalue weighted by molar-refractivity contribution is -0.140. The molecule has 0 fully saturated rings. The Bertz CT molecular complexity index is 1140. The first-order valence-corrected chi connectivity index (χ1v) is 14.1. The summed E-state index contributed by atoms with van der Waals surface area (Å²) in [7, 11) is -3.90. The number of halogens is 3. The Hall–Kier alpha value is -2.00. The minimum absolute atomic E-state index is 0.0792. The average molecular weight is 563 g/mol. The first kappa shape index (κ1) is 29.2. The van der Waals surface area contributed by atoms with Gasteiger partial charge in [-0.25, -0.2) is 8.42 Å². The van der Waals surface area contributed by atoms with E-state index < -0.39 is 28.5 Å². The molecule has 0 aliphatic heterocycles. The molecule has 2 aromatic carbocycles. The van der Waals surface area contributed by atoms with Crippen LogP contribution in [0.1, 0.15) is 39.2 Å². The number of nitrogens with zero attached hydrogens (tertiary/aromatic N) is 2. The van der Waals surface area contributed by atoms with Gasteiger partial charge in [-0.1, -0.05) is 60.8 Å². The molecule has 0 saturated heterocycles. The van der Waals surface area contributed by atoms with Crippen molar-refractivity contribution in [2.45, 2.75) is 52.2 Å². The van der Waals surface area contributed by atoms with Crippen LogP contribution >= 0.6 is 34.8 Å². The molecule has 7 nitrogen and oxygen atoms in total. The van der Waals surface area contributed by atoms with Crippen molar-refractivity contribution >= 4 is 62.3 Å². The van der Waals surface area contributed by atoms with E-state index in [-0.39, 0.29) is 29.2 Å². The highest BCUT2D eigenvalue weighted by atomic mass is 35.5. The van der Waals surface area contributed by atoms with Crippen molar-refractivity contribution < 1.29 is 18.0 Å². The van der Waals surface area contributed by atoms with E-state index in [2.05, 4.69) is 5.32 Å². The Labute approximate surface area is 222 Å². The summed E-state index contributed by atoms with van der Waals surface area (Å²) in [6.45, 7) is 5.18. The highest BCUT2D eigenvalue weighted by molar-refractivity contribution is 7.92. The predicted molar refractivity (Wildman–Crippen MR) is 143 cm³/mol. The minimum Gasteiger partial charge on any atom is -0.352 e. The maximum absolute atomic E-state index is 13.6. The number of benzene rings is 2. The van der Waals surface area contributed by atoms with Gasteiger partial charge >= 0.3 is 0 Å². The summed E-state index contributed by atoms with van der Waals surface area (Å²) in [4.78, 5) is 28.1. The molecule has 0 radical (unpaired) electrons. The first-order chi connectivity index (χ1) is 16.4. The van der Waals surface area contributed by atoms with Crippen molar-refractivity contribution in [3.63, 3.8) is 0 Å². The standard InChI is InChI=1S/C24H30Cl3N3O4S/c1-5-16(3)28-24(32)21(6-2)29(14-17-7-9-18(25)10-8-17)23(31)15-30(35(4,33)34)22-12-11-19(26)13-20(22)27/h7-13,16,21H,5-6,14-15H2,1-4H3,(H,28,32)/t16-,21-/m0/s1. The molecule has 0 unspecified atom stereocenters. The van der Waals surface area contributed by atoms with Crippen LogP contribution in [0.15, 0.2) is 42.5 Å². The van der Waals surface area contributed by atoms with Gasteiger partial charge in [0, 0.05) is 22.6 Å². The van der Waals surface area contributed by atoms with Gasteiger partial charge in [-0.05, 0) is 55.7 Å². The highest BCUT2D eigenvalue weighted by Gasteiger charge is 2.32. The Morgan fingerprint density at radius 1 is 0.971 bits per heavy atom. The predicted octanol–water partition coefficient (Wildman–Crippen LogP) is 5.13. The van der Waals surface area contributed by atoms with E-state index in [1.54, 1.807) is 31.2 Å². The largest absolute Gasteiger partial charge is 0.352 e. The first-order valence-electron chi connectivity index (χ1n) is 11.1. The monoisotopic (exact) mass is 561 g/mol. The van der Waals surface area contributed by atoms with Crippen LogP contribution in [0.5, 0.6) is 0 Å². The van der Waals surface area contributed by atoms with Crippen LogP contribution in [-0.2, 0) is 26.2 Å². The van der Waals surface area contributed by atoms with Gasteiger partial charge in [0.15, 0.2) is 0 Å². The number of carbonyl (C=O) groups is 2. The zero-order valence-corrected chi connectivity index (χ0v) is 23.2. The van der Waals surface area contributed by atoms with Gasteiger partial charge in [0.1, 0.15) is 12.6 Å². The SMILES string of the molecule is CC[C@H](C)NC(=O)[C@H](CC)N(Cc1ccc(Cl)cc1)C(=O)CN(c1ccc(Cl)cc1Cl)S(C)(=O)=O. The quantitative estimate of drug-likeness (QED) is 0.411. The summed E-state index contributed by atoms with van der Waals surface area (Å²) in [6, 6.07) is 10.3. The van der Waals surface area contributed by atoms with Crippen LogP contribution in [0.2, 0.25) is 15.1 Å². The molecule has 2 amide bonds. The van der Waals surface area contributed by atoms with E-state index >= 15 is 0 Å². The topological polar surface area (TPSA) is 86.8 Å². The lowest BCUT2D eigenvalue weighted by Crippen LogP contribution is -2.53. The minimum atomic E-state index is -3.90. The fourth-order valence-corrected chi connectivity index (χ4v) is 4.97. The van der Waals surface area contributed by atoms with Crippen molar-refractivity contribution in [1.29, 1.82) is 0 Å². The van der Waals surface area contributed by atoms with Gasteiger partial charge in [-0.15, -0.1) is 0 Å². The summed E-state index contributed by atoms with van der Waals surface area (Å²) in [6.07, 6.45) is 2.05. The molecule has 35 heavy (non-hydrogen) atoms. The second-order valence-electron chi connectivity index (χ2n) is 8.26. The lowest BCUT2D eigenvalue weighted by atomic mass is 10.1. The van der Waals surface area contributed by atoms with E-state index in [9.17, 15) is 18.0 Å². The van der Waals surface area contributed by atoms with Crippen molar-refractivity contribution in [1.82, 2.24) is 10.2 Å². The van der Waals surface area contributed by atoms with Crippen LogP contribution in [0, 0.1) is 0 Å².